The van der Waals surface area contributed by atoms with Crippen LogP contribution in [0.25, 0.3) is 0 Å². The van der Waals surface area contributed by atoms with Gasteiger partial charge < -0.3 is 14.5 Å². The summed E-state index contributed by atoms with van der Waals surface area (Å²) in [7, 11) is 0. The summed E-state index contributed by atoms with van der Waals surface area (Å²) in [4.78, 5) is 0. The lowest BCUT2D eigenvalue weighted by atomic mass is 10.0. The average Bonchev–Trinajstić information content (AvgIpc) is 2.62. The molecule has 0 fully saturated rings. The lowest BCUT2D eigenvalue weighted by Crippen LogP contribution is -2.23. The maximum atomic E-state index is 11.9. The molecule has 1 aromatic heterocycles. The Hall–Kier alpha value is -0.940. The smallest absolute Gasteiger partial charge is 0.261 e. The molecule has 0 aromatic carbocycles. The van der Waals surface area contributed by atoms with E-state index >= 15 is 0 Å². The topological polar surface area (TPSA) is 34.4 Å². The van der Waals surface area contributed by atoms with Crippen LogP contribution >= 0.6 is 0 Å². The molecular weight excluding hydrogens is 240 g/mol. The summed E-state index contributed by atoms with van der Waals surface area (Å²) in [6, 6.07) is 2.07. The SMILES string of the molecule is CCNC(CCOCC(F)F)c1cc(C)oc1C. The van der Waals surface area contributed by atoms with Crippen molar-refractivity contribution >= 4 is 0 Å². The number of alkyl halides is 2. The highest BCUT2D eigenvalue weighted by Gasteiger charge is 2.16. The Kier molecular flexibility index (Phi) is 6.29. The molecule has 3 nitrogen and oxygen atoms in total. The first-order chi connectivity index (χ1) is 8.54. The molecule has 1 aromatic rings. The molecule has 0 aliphatic heterocycles. The molecule has 0 bridgehead atoms. The predicted molar refractivity (Wildman–Crippen MR) is 66.0 cm³/mol. The van der Waals surface area contributed by atoms with E-state index in [0.29, 0.717) is 13.0 Å². The first kappa shape index (κ1) is 15.1. The summed E-state index contributed by atoms with van der Waals surface area (Å²) in [5.41, 5.74) is 1.08. The molecule has 1 rings (SSSR count). The van der Waals surface area contributed by atoms with Gasteiger partial charge in [0.15, 0.2) is 0 Å². The Morgan fingerprint density at radius 2 is 2.11 bits per heavy atom. The highest BCUT2D eigenvalue weighted by Crippen LogP contribution is 2.24. The lowest BCUT2D eigenvalue weighted by Gasteiger charge is -2.17. The second-order valence-corrected chi connectivity index (χ2v) is 4.23. The number of halogens is 2. The van der Waals surface area contributed by atoms with Crippen LogP contribution in [0.2, 0.25) is 0 Å². The summed E-state index contributed by atoms with van der Waals surface area (Å²) in [6.07, 6.45) is -1.75. The third-order valence-electron chi connectivity index (χ3n) is 2.70. The van der Waals surface area contributed by atoms with Crippen LogP contribution in [-0.2, 0) is 4.74 Å². The Balaban J connectivity index is 2.52. The van der Waals surface area contributed by atoms with Crippen LogP contribution in [0.1, 0.15) is 36.5 Å². The molecule has 1 unspecified atom stereocenters. The summed E-state index contributed by atoms with van der Waals surface area (Å²) >= 11 is 0. The van der Waals surface area contributed by atoms with Gasteiger partial charge in [0.2, 0.25) is 0 Å². The zero-order valence-electron chi connectivity index (χ0n) is 11.1. The van der Waals surface area contributed by atoms with Gasteiger partial charge in [0, 0.05) is 18.2 Å². The van der Waals surface area contributed by atoms with E-state index in [1.54, 1.807) is 0 Å². The molecule has 1 atom stereocenters. The van der Waals surface area contributed by atoms with Gasteiger partial charge in [-0.25, -0.2) is 8.78 Å². The van der Waals surface area contributed by atoms with Crippen LogP contribution in [0.15, 0.2) is 10.5 Å². The van der Waals surface area contributed by atoms with Crippen LogP contribution < -0.4 is 5.32 Å². The standard InChI is InChI=1S/C13H21F2NO2/c1-4-16-12(5-6-17-8-13(14)15)11-7-9(2)18-10(11)3/h7,12-13,16H,4-6,8H2,1-3H3. The molecule has 0 radical (unpaired) electrons. The Morgan fingerprint density at radius 3 is 2.61 bits per heavy atom. The Morgan fingerprint density at radius 1 is 1.39 bits per heavy atom. The van der Waals surface area contributed by atoms with Crippen molar-refractivity contribution in [3.8, 4) is 0 Å². The van der Waals surface area contributed by atoms with Crippen molar-refractivity contribution in [2.75, 3.05) is 19.8 Å². The summed E-state index contributed by atoms with van der Waals surface area (Å²) in [6.45, 7) is 6.44. The van der Waals surface area contributed by atoms with Crippen molar-refractivity contribution in [3.05, 3.63) is 23.2 Å². The maximum Gasteiger partial charge on any atom is 0.261 e. The number of hydrogen-bond donors (Lipinski definition) is 1. The van der Waals surface area contributed by atoms with E-state index in [0.717, 1.165) is 23.6 Å². The molecule has 0 saturated heterocycles. The van der Waals surface area contributed by atoms with Crippen LogP contribution in [-0.4, -0.2) is 26.2 Å². The van der Waals surface area contributed by atoms with Crippen molar-refractivity contribution in [2.24, 2.45) is 0 Å². The van der Waals surface area contributed by atoms with Gasteiger partial charge in [-0.15, -0.1) is 0 Å². The first-order valence-electron chi connectivity index (χ1n) is 6.20. The fourth-order valence-corrected chi connectivity index (χ4v) is 1.98. The van der Waals surface area contributed by atoms with Gasteiger partial charge in [0.1, 0.15) is 18.1 Å². The largest absolute Gasteiger partial charge is 0.466 e. The van der Waals surface area contributed by atoms with E-state index in [2.05, 4.69) is 5.32 Å². The minimum absolute atomic E-state index is 0.0881. The quantitative estimate of drug-likeness (QED) is 0.730. The zero-order valence-corrected chi connectivity index (χ0v) is 11.1. The number of aryl methyl sites for hydroxylation is 2. The fraction of sp³-hybridized carbons (Fsp3) is 0.692. The van der Waals surface area contributed by atoms with Crippen LogP contribution in [0.3, 0.4) is 0 Å². The van der Waals surface area contributed by atoms with Gasteiger partial charge in [0.25, 0.3) is 6.43 Å². The third-order valence-corrected chi connectivity index (χ3v) is 2.70. The molecule has 0 spiro atoms. The van der Waals surface area contributed by atoms with E-state index in [1.165, 1.54) is 0 Å². The van der Waals surface area contributed by atoms with Crippen molar-refractivity contribution in [2.45, 2.75) is 39.7 Å². The Bertz CT molecular complexity index is 353. The number of nitrogens with one attached hydrogen (secondary N) is 1. The van der Waals surface area contributed by atoms with E-state index in [-0.39, 0.29) is 6.04 Å². The molecule has 0 aliphatic carbocycles. The number of rotatable bonds is 8. The first-order valence-corrected chi connectivity index (χ1v) is 6.20. The highest BCUT2D eigenvalue weighted by atomic mass is 19.3. The van der Waals surface area contributed by atoms with E-state index in [1.807, 2.05) is 26.8 Å². The second kappa shape index (κ2) is 7.48. The minimum Gasteiger partial charge on any atom is -0.466 e. The number of furan rings is 1. The monoisotopic (exact) mass is 261 g/mol. The van der Waals surface area contributed by atoms with Gasteiger partial charge in [0.05, 0.1) is 0 Å². The van der Waals surface area contributed by atoms with Crippen LogP contribution in [0.4, 0.5) is 8.78 Å². The molecule has 1 N–H and O–H groups in total. The third kappa shape index (κ3) is 4.74. The van der Waals surface area contributed by atoms with Gasteiger partial charge in [-0.05, 0) is 32.9 Å². The summed E-state index contributed by atoms with van der Waals surface area (Å²) in [5.74, 6) is 1.73. The lowest BCUT2D eigenvalue weighted by molar-refractivity contribution is 0.0143. The molecule has 0 saturated carbocycles. The molecule has 104 valence electrons. The molecule has 5 heteroatoms. The van der Waals surface area contributed by atoms with Crippen LogP contribution in [0, 0.1) is 13.8 Å². The summed E-state index contributed by atoms with van der Waals surface area (Å²) < 4.78 is 34.3. The van der Waals surface area contributed by atoms with Gasteiger partial charge in [-0.2, -0.15) is 0 Å². The van der Waals surface area contributed by atoms with Crippen molar-refractivity contribution < 1.29 is 17.9 Å². The average molecular weight is 261 g/mol. The number of hydrogen-bond acceptors (Lipinski definition) is 3. The van der Waals surface area contributed by atoms with Gasteiger partial charge >= 0.3 is 0 Å². The van der Waals surface area contributed by atoms with E-state index in [9.17, 15) is 8.78 Å². The number of ether oxygens (including phenoxy) is 1. The molecular formula is C13H21F2NO2. The van der Waals surface area contributed by atoms with Crippen molar-refractivity contribution in [1.29, 1.82) is 0 Å². The second-order valence-electron chi connectivity index (χ2n) is 4.23. The molecule has 0 aliphatic rings. The van der Waals surface area contributed by atoms with Crippen LogP contribution in [0.5, 0.6) is 0 Å². The van der Waals surface area contributed by atoms with Gasteiger partial charge in [-0.3, -0.25) is 0 Å². The van der Waals surface area contributed by atoms with E-state index in [4.69, 9.17) is 9.15 Å². The Labute approximate surface area is 107 Å². The van der Waals surface area contributed by atoms with Crippen molar-refractivity contribution in [3.63, 3.8) is 0 Å². The fourth-order valence-electron chi connectivity index (χ4n) is 1.98. The maximum absolute atomic E-state index is 11.9. The summed E-state index contributed by atoms with van der Waals surface area (Å²) in [5, 5.41) is 3.31. The molecule has 18 heavy (non-hydrogen) atoms. The highest BCUT2D eigenvalue weighted by molar-refractivity contribution is 5.24. The molecule has 0 amide bonds. The molecule has 1 heterocycles. The predicted octanol–water partition coefficient (Wildman–Crippen LogP) is 3.22. The van der Waals surface area contributed by atoms with E-state index < -0.39 is 13.0 Å². The van der Waals surface area contributed by atoms with Gasteiger partial charge in [-0.1, -0.05) is 6.92 Å². The normalized spacial score (nSPS) is 13.2. The zero-order chi connectivity index (χ0) is 13.5. The van der Waals surface area contributed by atoms with Crippen molar-refractivity contribution in [1.82, 2.24) is 5.32 Å². The minimum atomic E-state index is -2.40.